The number of rotatable bonds is 5. The molecule has 2 saturated heterocycles. The fourth-order valence-corrected chi connectivity index (χ4v) is 4.52. The average molecular weight is 463 g/mol. The van der Waals surface area contributed by atoms with E-state index in [1.807, 2.05) is 6.20 Å². The molecule has 2 fully saturated rings. The molecule has 1 aromatic heterocycles. The highest BCUT2D eigenvalue weighted by atomic mass is 32.2. The predicted molar refractivity (Wildman–Crippen MR) is 107 cm³/mol. The van der Waals surface area contributed by atoms with Crippen LogP contribution in [-0.2, 0) is 26.1 Å². The summed E-state index contributed by atoms with van der Waals surface area (Å²) in [7, 11) is -3.14. The van der Waals surface area contributed by atoms with Crippen molar-refractivity contribution >= 4 is 26.9 Å². The first-order valence-electron chi connectivity index (χ1n) is 9.57. The number of carboxylic acid groups (broad SMARTS) is 1. The number of fused-ring (bicyclic) bond motifs is 2. The maximum Gasteiger partial charge on any atom is 0.490 e. The van der Waals surface area contributed by atoms with Crippen LogP contribution in [0.25, 0.3) is 10.9 Å². The Morgan fingerprint density at radius 3 is 2.68 bits per heavy atom. The van der Waals surface area contributed by atoms with E-state index in [-0.39, 0.29) is 12.0 Å². The minimum atomic E-state index is -5.08. The topological polar surface area (TPSA) is 112 Å². The van der Waals surface area contributed by atoms with E-state index < -0.39 is 22.2 Å². The summed E-state index contributed by atoms with van der Waals surface area (Å²) in [5, 5.41) is 8.39. The molecular formula is C19H24F3N3O5S. The van der Waals surface area contributed by atoms with Crippen molar-refractivity contribution in [2.24, 2.45) is 11.8 Å². The lowest BCUT2D eigenvalue weighted by Gasteiger charge is -2.20. The number of ether oxygens (including phenoxy) is 1. The number of likely N-dealkylation sites (tertiary alicyclic amines) is 1. The van der Waals surface area contributed by atoms with Gasteiger partial charge in [-0.3, -0.25) is 4.90 Å². The van der Waals surface area contributed by atoms with E-state index in [9.17, 15) is 21.6 Å². The molecule has 12 heteroatoms. The lowest BCUT2D eigenvalue weighted by Crippen LogP contribution is -2.33. The number of aliphatic carboxylic acids is 1. The first-order chi connectivity index (χ1) is 14.4. The summed E-state index contributed by atoms with van der Waals surface area (Å²) in [4.78, 5) is 14.6. The van der Waals surface area contributed by atoms with Crippen molar-refractivity contribution in [3.8, 4) is 0 Å². The van der Waals surface area contributed by atoms with Crippen LogP contribution in [0, 0.1) is 11.8 Å². The third-order valence-electron chi connectivity index (χ3n) is 5.44. The van der Waals surface area contributed by atoms with Crippen LogP contribution in [0.1, 0.15) is 5.56 Å². The largest absolute Gasteiger partial charge is 0.490 e. The van der Waals surface area contributed by atoms with E-state index >= 15 is 0 Å². The number of carbonyl (C=O) groups is 1. The zero-order chi connectivity index (χ0) is 22.8. The van der Waals surface area contributed by atoms with Crippen molar-refractivity contribution in [2.75, 3.05) is 32.5 Å². The molecule has 0 amide bonds. The number of aromatic nitrogens is 1. The van der Waals surface area contributed by atoms with Gasteiger partial charge in [0, 0.05) is 55.1 Å². The Morgan fingerprint density at radius 1 is 1.32 bits per heavy atom. The molecule has 8 nitrogen and oxygen atoms in total. The quantitative estimate of drug-likeness (QED) is 0.624. The van der Waals surface area contributed by atoms with Crippen LogP contribution in [0.4, 0.5) is 13.2 Å². The molecule has 2 aliphatic rings. The summed E-state index contributed by atoms with van der Waals surface area (Å²) in [6.07, 6.45) is -1.68. The van der Waals surface area contributed by atoms with Gasteiger partial charge in [0.05, 0.1) is 19.0 Å². The maximum absolute atomic E-state index is 11.3. The Kier molecular flexibility index (Phi) is 6.94. The van der Waals surface area contributed by atoms with E-state index in [0.29, 0.717) is 19.1 Å². The number of benzene rings is 1. The van der Waals surface area contributed by atoms with Gasteiger partial charge in [-0.15, -0.1) is 0 Å². The lowest BCUT2D eigenvalue weighted by molar-refractivity contribution is -0.192. The Balaban J connectivity index is 0.000000339. The highest BCUT2D eigenvalue weighted by molar-refractivity contribution is 7.88. The van der Waals surface area contributed by atoms with E-state index in [2.05, 4.69) is 38.9 Å². The van der Waals surface area contributed by atoms with Gasteiger partial charge in [-0.2, -0.15) is 13.2 Å². The van der Waals surface area contributed by atoms with Crippen LogP contribution >= 0.6 is 0 Å². The van der Waals surface area contributed by atoms with Crippen LogP contribution in [0.3, 0.4) is 0 Å². The number of hydrogen-bond donors (Lipinski definition) is 3. The molecule has 0 spiro atoms. The summed E-state index contributed by atoms with van der Waals surface area (Å²) in [6.45, 7) is 3.90. The second-order valence-corrected chi connectivity index (χ2v) is 9.60. The first kappa shape index (κ1) is 23.5. The average Bonchev–Trinajstić information content (AvgIpc) is 3.35. The van der Waals surface area contributed by atoms with Crippen molar-refractivity contribution in [1.29, 1.82) is 0 Å². The van der Waals surface area contributed by atoms with Gasteiger partial charge >= 0.3 is 12.1 Å². The molecular weight excluding hydrogens is 439 g/mol. The molecule has 1 aromatic carbocycles. The normalized spacial score (nSPS) is 24.1. The number of hydrogen-bond acceptors (Lipinski definition) is 5. The summed E-state index contributed by atoms with van der Waals surface area (Å²) < 4.78 is 62.9. The molecule has 2 aromatic rings. The highest BCUT2D eigenvalue weighted by Crippen LogP contribution is 2.34. The molecule has 0 bridgehead atoms. The van der Waals surface area contributed by atoms with Crippen LogP contribution < -0.4 is 4.72 Å². The van der Waals surface area contributed by atoms with Gasteiger partial charge in [0.15, 0.2) is 0 Å². The van der Waals surface area contributed by atoms with Crippen LogP contribution in [-0.4, -0.2) is 74.2 Å². The number of sulfonamides is 1. The Labute approximate surface area is 177 Å². The number of alkyl halides is 3. The Bertz CT molecular complexity index is 1020. The van der Waals surface area contributed by atoms with Crippen molar-refractivity contribution in [3.63, 3.8) is 0 Å². The van der Waals surface area contributed by atoms with Crippen LogP contribution in [0.2, 0.25) is 0 Å². The standard InChI is InChI=1S/C17H23N3O3S.C2HF3O2/c1-24(21,22)19-7-13-11-23-17-10-20(9-15(13)17)8-12-3-2-4-16-14(12)5-6-18-16;3-2(4,5)1(6)7/h2-6,13,15,17-19H,7-11H2,1H3;(H,6,7)/t13-,15-,17-;/m1./s1. The fraction of sp³-hybridized carbons (Fsp3) is 0.526. The van der Waals surface area contributed by atoms with Crippen molar-refractivity contribution in [3.05, 3.63) is 36.0 Å². The summed E-state index contributed by atoms with van der Waals surface area (Å²) in [6, 6.07) is 8.47. The minimum absolute atomic E-state index is 0.224. The Hall–Kier alpha value is -2.15. The van der Waals surface area contributed by atoms with Gasteiger partial charge in [0.25, 0.3) is 0 Å². The fourth-order valence-electron chi connectivity index (χ4n) is 4.01. The molecule has 2 aliphatic heterocycles. The third-order valence-corrected chi connectivity index (χ3v) is 6.14. The number of nitrogens with one attached hydrogen (secondary N) is 2. The van der Waals surface area contributed by atoms with E-state index in [4.69, 9.17) is 14.6 Å². The summed E-state index contributed by atoms with van der Waals surface area (Å²) in [5.74, 6) is -2.09. The molecule has 31 heavy (non-hydrogen) atoms. The van der Waals surface area contributed by atoms with E-state index in [1.165, 1.54) is 22.7 Å². The smallest absolute Gasteiger partial charge is 0.475 e. The molecule has 3 heterocycles. The number of carboxylic acids is 1. The van der Waals surface area contributed by atoms with Crippen LogP contribution in [0.15, 0.2) is 30.5 Å². The minimum Gasteiger partial charge on any atom is -0.475 e. The van der Waals surface area contributed by atoms with E-state index in [1.54, 1.807) is 0 Å². The lowest BCUT2D eigenvalue weighted by atomic mass is 9.93. The maximum atomic E-state index is 11.3. The van der Waals surface area contributed by atoms with Gasteiger partial charge in [0.2, 0.25) is 10.0 Å². The molecule has 0 unspecified atom stereocenters. The highest BCUT2D eigenvalue weighted by Gasteiger charge is 2.43. The molecule has 3 atom stereocenters. The monoisotopic (exact) mass is 463 g/mol. The predicted octanol–water partition coefficient (Wildman–Crippen LogP) is 1.80. The van der Waals surface area contributed by atoms with Crippen molar-refractivity contribution in [2.45, 2.75) is 18.8 Å². The molecule has 0 aliphatic carbocycles. The molecule has 4 rings (SSSR count). The van der Waals surface area contributed by atoms with Crippen molar-refractivity contribution in [1.82, 2.24) is 14.6 Å². The summed E-state index contributed by atoms with van der Waals surface area (Å²) >= 11 is 0. The summed E-state index contributed by atoms with van der Waals surface area (Å²) in [5.41, 5.74) is 2.48. The van der Waals surface area contributed by atoms with Gasteiger partial charge < -0.3 is 14.8 Å². The number of H-pyrrole nitrogens is 1. The SMILES string of the molecule is CS(=O)(=O)NC[C@@H]1CO[C@@H]2CN(Cc3cccc4[nH]ccc34)C[C@H]12.O=C(O)C(F)(F)F. The van der Waals surface area contributed by atoms with Gasteiger partial charge in [0.1, 0.15) is 0 Å². The van der Waals surface area contributed by atoms with Gasteiger partial charge in [-0.25, -0.2) is 17.9 Å². The van der Waals surface area contributed by atoms with Gasteiger partial charge in [-0.05, 0) is 17.7 Å². The van der Waals surface area contributed by atoms with E-state index in [0.717, 1.165) is 19.6 Å². The molecule has 0 saturated carbocycles. The van der Waals surface area contributed by atoms with Crippen LogP contribution in [0.5, 0.6) is 0 Å². The molecule has 172 valence electrons. The second-order valence-electron chi connectivity index (χ2n) is 7.77. The number of halogens is 3. The zero-order valence-electron chi connectivity index (χ0n) is 16.7. The first-order valence-corrected chi connectivity index (χ1v) is 11.5. The third kappa shape index (κ3) is 6.19. The number of nitrogens with zero attached hydrogens (tertiary/aromatic N) is 1. The second kappa shape index (κ2) is 9.15. The molecule has 3 N–H and O–H groups in total. The van der Waals surface area contributed by atoms with Gasteiger partial charge in [-0.1, -0.05) is 12.1 Å². The molecule has 0 radical (unpaired) electrons. The zero-order valence-corrected chi connectivity index (χ0v) is 17.5. The Morgan fingerprint density at radius 2 is 2.03 bits per heavy atom. The number of aromatic amines is 1. The van der Waals surface area contributed by atoms with Crippen molar-refractivity contribution < 1.29 is 36.2 Å².